The molecular formula is C54H73N9O5. The molecule has 1 saturated carbocycles. The number of fused-ring (bicyclic) bond motifs is 7. The number of allylic oxidation sites excluding steroid dienone is 5. The lowest BCUT2D eigenvalue weighted by Crippen LogP contribution is -2.53. The number of benzene rings is 1. The number of nitrogens with two attached hydrogens (primary N) is 2. The van der Waals surface area contributed by atoms with Crippen LogP contribution in [0.15, 0.2) is 106 Å². The second-order valence-electron chi connectivity index (χ2n) is 20.9. The molecule has 10 rings (SSSR count). The molecular weight excluding hydrogens is 855 g/mol. The van der Waals surface area contributed by atoms with E-state index in [4.69, 9.17) is 20.9 Å². The zero-order chi connectivity index (χ0) is 47.8. The van der Waals surface area contributed by atoms with E-state index in [2.05, 4.69) is 81.1 Å². The van der Waals surface area contributed by atoms with Crippen molar-refractivity contribution in [3.8, 4) is 0 Å². The number of nitrogens with zero attached hydrogens (tertiary/aromatic N) is 1. The number of nitrogens with one attached hydrogen (secondary N) is 6. The molecule has 1 saturated heterocycles. The Morgan fingerprint density at radius 1 is 1.10 bits per heavy atom. The van der Waals surface area contributed by atoms with Crippen molar-refractivity contribution in [2.45, 2.75) is 114 Å². The number of carbonyl (C=O) groups is 3. The van der Waals surface area contributed by atoms with Crippen LogP contribution in [0.3, 0.4) is 0 Å². The summed E-state index contributed by atoms with van der Waals surface area (Å²) in [5.74, 6) is 1.34. The number of hydrogen-bond donors (Lipinski definition) is 8. The molecule has 68 heavy (non-hydrogen) atoms. The van der Waals surface area contributed by atoms with Crippen LogP contribution in [-0.2, 0) is 20.7 Å². The fourth-order valence-electron chi connectivity index (χ4n) is 13.1. The van der Waals surface area contributed by atoms with E-state index in [1.165, 1.54) is 5.57 Å². The number of ketones is 2. The van der Waals surface area contributed by atoms with Crippen LogP contribution >= 0.6 is 0 Å². The Kier molecular flexibility index (Phi) is 13.8. The van der Waals surface area contributed by atoms with E-state index in [-0.39, 0.29) is 54.0 Å². The van der Waals surface area contributed by atoms with Crippen LogP contribution in [0.25, 0.3) is 0 Å². The first-order valence-electron chi connectivity index (χ1n) is 25.1. The molecule has 14 heteroatoms. The summed E-state index contributed by atoms with van der Waals surface area (Å²) in [6, 6.07) is 5.31. The van der Waals surface area contributed by atoms with Crippen molar-refractivity contribution < 1.29 is 23.9 Å². The molecule has 364 valence electrons. The topological polar surface area (TPSA) is 210 Å². The molecule has 6 bridgehead atoms. The second kappa shape index (κ2) is 19.6. The van der Waals surface area contributed by atoms with Crippen LogP contribution < -0.4 is 43.4 Å². The van der Waals surface area contributed by atoms with Crippen molar-refractivity contribution in [2.75, 3.05) is 40.5 Å². The molecule has 14 nitrogen and oxygen atoms in total. The van der Waals surface area contributed by atoms with E-state index in [0.717, 1.165) is 79.6 Å². The van der Waals surface area contributed by atoms with Crippen molar-refractivity contribution in [2.24, 2.45) is 51.5 Å². The smallest absolute Gasteiger partial charge is 0.350 e. The van der Waals surface area contributed by atoms with Crippen molar-refractivity contribution in [3.63, 3.8) is 0 Å². The van der Waals surface area contributed by atoms with Gasteiger partial charge in [0.05, 0.1) is 25.5 Å². The third kappa shape index (κ3) is 8.93. The summed E-state index contributed by atoms with van der Waals surface area (Å²) in [6.07, 6.45) is 27.2. The molecule has 9 aliphatic rings. The Balaban J connectivity index is 1.09. The molecule has 1 aromatic rings. The quantitative estimate of drug-likeness (QED) is 0.0247. The number of epoxide rings is 1. The summed E-state index contributed by atoms with van der Waals surface area (Å²) >= 11 is 0. The van der Waals surface area contributed by atoms with Crippen LogP contribution in [0.1, 0.15) is 105 Å². The van der Waals surface area contributed by atoms with Gasteiger partial charge in [-0.25, -0.2) is 4.79 Å². The van der Waals surface area contributed by atoms with Crippen LogP contribution in [0, 0.1) is 35.0 Å². The summed E-state index contributed by atoms with van der Waals surface area (Å²) in [6.45, 7) is 8.50. The van der Waals surface area contributed by atoms with E-state index in [1.807, 2.05) is 50.5 Å². The van der Waals surface area contributed by atoms with Gasteiger partial charge in [0.1, 0.15) is 5.82 Å². The highest BCUT2D eigenvalue weighted by molar-refractivity contribution is 6.33. The van der Waals surface area contributed by atoms with E-state index in [0.29, 0.717) is 61.2 Å². The molecule has 10 N–H and O–H groups in total. The Morgan fingerprint density at radius 3 is 2.74 bits per heavy atom. The SMILES string of the molecule is CCN[C@H]1C=C2C=CC[C@H]3[C@@H]4CCC[C@](C)(CC5=CNC(N)C=C5)Cc5cccc6c5C(=O)[C@]5(O[C@@]5(C/C=C(\C)C[C@@H](NC(N)=NC)C5=CCNC(NCNC)=C5)C6=O)C(=O)OC[C@H]1[C@H](CC4)[C@H]23. The molecule has 2 fully saturated rings. The molecule has 1 aromatic carbocycles. The average Bonchev–Trinajstić information content (AvgIpc) is 4.05. The number of ether oxygens (including phenoxy) is 2. The maximum atomic E-state index is 15.6. The number of rotatable bonds is 13. The molecule has 0 radical (unpaired) electrons. The Hall–Kier alpha value is -5.28. The van der Waals surface area contributed by atoms with Gasteiger partial charge in [0, 0.05) is 49.3 Å². The highest BCUT2D eigenvalue weighted by atomic mass is 16.7. The van der Waals surface area contributed by atoms with Gasteiger partial charge in [-0.1, -0.05) is 86.9 Å². The summed E-state index contributed by atoms with van der Waals surface area (Å²) in [5, 5.41) is 20.2. The van der Waals surface area contributed by atoms with Crippen molar-refractivity contribution >= 4 is 23.5 Å². The first kappa shape index (κ1) is 47.8. The van der Waals surface area contributed by atoms with Crippen LogP contribution in [0.2, 0.25) is 0 Å². The number of likely N-dealkylation sites (N-methyl/N-ethyl adjacent to an activating group) is 1. The van der Waals surface area contributed by atoms with Crippen LogP contribution in [0.5, 0.6) is 0 Å². The van der Waals surface area contributed by atoms with E-state index in [1.54, 1.807) is 13.1 Å². The number of Topliss-reactive ketones (excluding diaryl/α,β-unsaturated/α-hetero) is 2. The first-order chi connectivity index (χ1) is 32.8. The minimum absolute atomic E-state index is 0.000111. The molecule has 0 aromatic heterocycles. The minimum Gasteiger partial charge on any atom is -0.463 e. The predicted octanol–water partition coefficient (Wildman–Crippen LogP) is 5.09. The van der Waals surface area contributed by atoms with Gasteiger partial charge in [-0.15, -0.1) is 0 Å². The van der Waals surface area contributed by atoms with Gasteiger partial charge in [-0.3, -0.25) is 14.6 Å². The standard InChI is InChI=1S/C54H73N9O5/c1-6-59-43-25-36-10-7-13-38-34-12-9-21-52(3,27-33-15-18-44(55)61-29-33)28-37-11-8-14-40-47(37)49(65)54(50(66)67-30-41(43)39(17-16-34)46(36)38)53(68-54,48(40)64)22-19-32(2)24-42(63-51(56)58-5)35-20-23-60-45(26-35)62-31-57-4/h7-8,10-11,14-15,18-20,25-26,29,34,38-39,41-44,46,57,59-62H,6,9,12-13,16-17,21-24,27-28,30-31,55H2,1-5H3,(H3,56,58,63)/b32-19+/t34-,38+,39+,41+,42-,43+,44?,46-,52-,53+,54+/m1/s1. The Morgan fingerprint density at radius 2 is 1.96 bits per heavy atom. The first-order valence-corrected chi connectivity index (χ1v) is 25.1. The molecule has 11 atom stereocenters. The lowest BCUT2D eigenvalue weighted by molar-refractivity contribution is -0.151. The highest BCUT2D eigenvalue weighted by Gasteiger charge is 2.85. The maximum absolute atomic E-state index is 15.6. The lowest BCUT2D eigenvalue weighted by Gasteiger charge is -2.52. The van der Waals surface area contributed by atoms with Crippen molar-refractivity contribution in [3.05, 3.63) is 118 Å². The third-order valence-corrected chi connectivity index (χ3v) is 16.4. The molecule has 5 aliphatic heterocycles. The number of esters is 1. The third-order valence-electron chi connectivity index (χ3n) is 16.4. The lowest BCUT2D eigenvalue weighted by atomic mass is 9.54. The molecule has 1 spiro atoms. The van der Waals surface area contributed by atoms with Gasteiger partial charge in [0.15, 0.2) is 17.3 Å². The fourth-order valence-corrected chi connectivity index (χ4v) is 13.1. The van der Waals surface area contributed by atoms with Crippen molar-refractivity contribution in [1.29, 1.82) is 0 Å². The Bertz CT molecular complexity index is 2420. The number of hydrogen-bond acceptors (Lipinski definition) is 12. The molecule has 1 unspecified atom stereocenters. The minimum atomic E-state index is -2.12. The van der Waals surface area contributed by atoms with Gasteiger partial charge >= 0.3 is 5.97 Å². The maximum Gasteiger partial charge on any atom is 0.350 e. The number of aliphatic imine (C=N–C) groups is 1. The van der Waals surface area contributed by atoms with E-state index < -0.39 is 23.0 Å². The van der Waals surface area contributed by atoms with Gasteiger partial charge in [-0.05, 0) is 129 Å². The summed E-state index contributed by atoms with van der Waals surface area (Å²) < 4.78 is 13.1. The molecule has 0 amide bonds. The van der Waals surface area contributed by atoms with Gasteiger partial charge in [-0.2, -0.15) is 0 Å². The van der Waals surface area contributed by atoms with Crippen molar-refractivity contribution in [1.82, 2.24) is 31.9 Å². The number of guanidine groups is 1. The normalized spacial score (nSPS) is 34.7. The van der Waals surface area contributed by atoms with Crippen LogP contribution in [-0.4, -0.2) is 93.4 Å². The highest BCUT2D eigenvalue weighted by Crippen LogP contribution is 2.60. The molecule has 5 heterocycles. The van der Waals surface area contributed by atoms with Gasteiger partial charge in [0.2, 0.25) is 5.78 Å². The summed E-state index contributed by atoms with van der Waals surface area (Å²) in [5.41, 5.74) is 14.1. The zero-order valence-corrected chi connectivity index (χ0v) is 40.6. The zero-order valence-electron chi connectivity index (χ0n) is 40.6. The Labute approximate surface area is 402 Å². The average molecular weight is 928 g/mol. The van der Waals surface area contributed by atoms with E-state index >= 15 is 14.4 Å². The summed E-state index contributed by atoms with van der Waals surface area (Å²) in [4.78, 5) is 50.3. The fraction of sp³-hybridized carbons (Fsp3) is 0.556. The number of dihydropyridines is 2. The predicted molar refractivity (Wildman–Crippen MR) is 266 cm³/mol. The monoisotopic (exact) mass is 928 g/mol. The number of carbonyl (C=O) groups excluding carboxylic acids is 3. The van der Waals surface area contributed by atoms with Gasteiger partial charge < -0.3 is 52.8 Å². The largest absolute Gasteiger partial charge is 0.463 e. The summed E-state index contributed by atoms with van der Waals surface area (Å²) in [7, 11) is 3.51. The second-order valence-corrected chi connectivity index (χ2v) is 20.9. The molecule has 4 aliphatic carbocycles. The van der Waals surface area contributed by atoms with Gasteiger partial charge in [0.25, 0.3) is 5.60 Å². The van der Waals surface area contributed by atoms with Crippen LogP contribution in [0.4, 0.5) is 0 Å². The van der Waals surface area contributed by atoms with E-state index in [9.17, 15) is 0 Å².